The summed E-state index contributed by atoms with van der Waals surface area (Å²) in [5.74, 6) is 0.807. The van der Waals surface area contributed by atoms with E-state index in [9.17, 15) is 9.59 Å². The van der Waals surface area contributed by atoms with Crippen LogP contribution >= 0.6 is 12.2 Å². The number of methoxy groups -OCH3 is 3. The molecular formula is C29H32N4O5S. The van der Waals surface area contributed by atoms with Gasteiger partial charge in [-0.2, -0.15) is 0 Å². The fraction of sp³-hybridized carbons (Fsp3) is 0.276. The van der Waals surface area contributed by atoms with Gasteiger partial charge >= 0.3 is 0 Å². The molecule has 4 rings (SSSR count). The summed E-state index contributed by atoms with van der Waals surface area (Å²) in [7, 11) is 4.47. The lowest BCUT2D eigenvalue weighted by molar-refractivity contribution is 0.0746. The third-order valence-corrected chi connectivity index (χ3v) is 6.79. The van der Waals surface area contributed by atoms with Crippen molar-refractivity contribution >= 4 is 40.5 Å². The van der Waals surface area contributed by atoms with Gasteiger partial charge in [-0.1, -0.05) is 18.2 Å². The van der Waals surface area contributed by atoms with Crippen molar-refractivity contribution in [1.82, 2.24) is 10.2 Å². The Bertz CT molecular complexity index is 1330. The van der Waals surface area contributed by atoms with Gasteiger partial charge in [0, 0.05) is 48.7 Å². The molecule has 1 heterocycles. The van der Waals surface area contributed by atoms with Crippen LogP contribution in [0.15, 0.2) is 60.7 Å². The van der Waals surface area contributed by atoms with Crippen molar-refractivity contribution in [3.8, 4) is 17.2 Å². The van der Waals surface area contributed by atoms with Gasteiger partial charge in [-0.05, 0) is 67.2 Å². The van der Waals surface area contributed by atoms with Crippen molar-refractivity contribution in [1.29, 1.82) is 0 Å². The van der Waals surface area contributed by atoms with Gasteiger partial charge < -0.3 is 29.3 Å². The predicted octanol–water partition coefficient (Wildman–Crippen LogP) is 4.11. The van der Waals surface area contributed by atoms with Crippen LogP contribution in [0.2, 0.25) is 0 Å². The number of nitrogens with zero attached hydrogens (tertiary/aromatic N) is 2. The number of benzene rings is 3. The molecule has 2 N–H and O–H groups in total. The van der Waals surface area contributed by atoms with Gasteiger partial charge in [-0.15, -0.1) is 0 Å². The summed E-state index contributed by atoms with van der Waals surface area (Å²) >= 11 is 5.35. The van der Waals surface area contributed by atoms with Crippen LogP contribution in [0.5, 0.6) is 17.2 Å². The Hall–Kier alpha value is -4.31. The average molecular weight is 549 g/mol. The Balaban J connectivity index is 1.32. The molecule has 10 heteroatoms. The van der Waals surface area contributed by atoms with E-state index < -0.39 is 5.91 Å². The summed E-state index contributed by atoms with van der Waals surface area (Å²) in [4.78, 5) is 29.9. The van der Waals surface area contributed by atoms with Crippen LogP contribution in [0.1, 0.15) is 26.3 Å². The fourth-order valence-electron chi connectivity index (χ4n) is 4.46. The third kappa shape index (κ3) is 6.40. The molecule has 0 spiro atoms. The monoisotopic (exact) mass is 548 g/mol. The molecule has 9 nitrogen and oxygen atoms in total. The van der Waals surface area contributed by atoms with Crippen LogP contribution < -0.4 is 29.7 Å². The van der Waals surface area contributed by atoms with E-state index in [-0.39, 0.29) is 11.0 Å². The standard InChI is InChI=1S/C29H32N4O5S/c1-19-7-5-6-8-23(19)28(35)33-15-13-32(14-16-33)22-11-9-21(10-12-22)30-29(39)31-27(34)20-17-24(36-2)26(38-4)25(18-20)37-3/h5-12,17-18H,13-16H2,1-4H3,(H2,30,31,34,39). The van der Waals surface area contributed by atoms with E-state index in [0.717, 1.165) is 35.6 Å². The van der Waals surface area contributed by atoms with Gasteiger partial charge in [-0.25, -0.2) is 0 Å². The SMILES string of the molecule is COc1cc(C(=O)NC(=S)Nc2ccc(N3CCN(C(=O)c4ccccc4C)CC3)cc2)cc(OC)c1OC. The van der Waals surface area contributed by atoms with E-state index in [4.69, 9.17) is 26.4 Å². The number of anilines is 2. The minimum atomic E-state index is -0.415. The van der Waals surface area contributed by atoms with Gasteiger partial charge in [0.15, 0.2) is 16.6 Å². The third-order valence-electron chi connectivity index (χ3n) is 6.59. The molecule has 0 atom stereocenters. The van der Waals surface area contributed by atoms with Crippen molar-refractivity contribution in [3.63, 3.8) is 0 Å². The maximum atomic E-state index is 12.9. The average Bonchev–Trinajstić information content (AvgIpc) is 2.96. The van der Waals surface area contributed by atoms with Crippen molar-refractivity contribution in [2.45, 2.75) is 6.92 Å². The molecule has 204 valence electrons. The highest BCUT2D eigenvalue weighted by atomic mass is 32.1. The van der Waals surface area contributed by atoms with Gasteiger partial charge in [0.1, 0.15) is 0 Å². The van der Waals surface area contributed by atoms with Crippen LogP contribution in [-0.4, -0.2) is 69.3 Å². The molecule has 2 amide bonds. The molecule has 0 saturated carbocycles. The molecule has 39 heavy (non-hydrogen) atoms. The smallest absolute Gasteiger partial charge is 0.257 e. The van der Waals surface area contributed by atoms with Crippen molar-refractivity contribution in [2.75, 3.05) is 57.7 Å². The quantitative estimate of drug-likeness (QED) is 0.427. The molecule has 3 aromatic rings. The molecule has 1 saturated heterocycles. The van der Waals surface area contributed by atoms with E-state index in [2.05, 4.69) is 15.5 Å². The van der Waals surface area contributed by atoms with Gasteiger partial charge in [0.25, 0.3) is 11.8 Å². The minimum absolute atomic E-state index is 0.0781. The predicted molar refractivity (Wildman–Crippen MR) is 156 cm³/mol. The number of ether oxygens (including phenoxy) is 3. The number of hydrogen-bond acceptors (Lipinski definition) is 7. The Labute approximate surface area is 233 Å². The number of nitrogens with one attached hydrogen (secondary N) is 2. The second-order valence-electron chi connectivity index (χ2n) is 8.96. The zero-order chi connectivity index (χ0) is 27.9. The Kier molecular flexibility index (Phi) is 8.88. The molecule has 1 fully saturated rings. The molecule has 0 radical (unpaired) electrons. The van der Waals surface area contributed by atoms with Crippen LogP contribution in [0.4, 0.5) is 11.4 Å². The number of piperazine rings is 1. The van der Waals surface area contributed by atoms with Crippen LogP contribution in [0, 0.1) is 6.92 Å². The largest absolute Gasteiger partial charge is 0.493 e. The summed E-state index contributed by atoms with van der Waals surface area (Å²) in [5.41, 5.74) is 3.85. The summed E-state index contributed by atoms with van der Waals surface area (Å²) in [6.45, 7) is 4.76. The summed E-state index contributed by atoms with van der Waals surface area (Å²) in [6.07, 6.45) is 0. The lowest BCUT2D eigenvalue weighted by Crippen LogP contribution is -2.48. The van der Waals surface area contributed by atoms with Crippen molar-refractivity contribution in [2.24, 2.45) is 0 Å². The van der Waals surface area contributed by atoms with Crippen LogP contribution in [0.25, 0.3) is 0 Å². The number of hydrogen-bond donors (Lipinski definition) is 2. The molecule has 0 unspecified atom stereocenters. The minimum Gasteiger partial charge on any atom is -0.493 e. The second kappa shape index (κ2) is 12.5. The van der Waals surface area contributed by atoms with E-state index in [1.165, 1.54) is 21.3 Å². The van der Waals surface area contributed by atoms with Crippen molar-refractivity contribution in [3.05, 3.63) is 77.4 Å². The molecule has 0 aromatic heterocycles. The van der Waals surface area contributed by atoms with Crippen LogP contribution in [0.3, 0.4) is 0 Å². The Morgan fingerprint density at radius 3 is 2.03 bits per heavy atom. The first-order valence-electron chi connectivity index (χ1n) is 12.5. The second-order valence-corrected chi connectivity index (χ2v) is 9.37. The first-order valence-corrected chi connectivity index (χ1v) is 12.9. The van der Waals surface area contributed by atoms with E-state index in [1.807, 2.05) is 60.4 Å². The lowest BCUT2D eigenvalue weighted by Gasteiger charge is -2.36. The highest BCUT2D eigenvalue weighted by Gasteiger charge is 2.23. The highest BCUT2D eigenvalue weighted by molar-refractivity contribution is 7.80. The number of carbonyl (C=O) groups excluding carboxylic acids is 2. The number of thiocarbonyl (C=S) groups is 1. The van der Waals surface area contributed by atoms with E-state index >= 15 is 0 Å². The summed E-state index contributed by atoms with van der Waals surface area (Å²) in [5, 5.41) is 5.87. The first kappa shape index (κ1) is 27.7. The van der Waals surface area contributed by atoms with Gasteiger partial charge in [0.2, 0.25) is 5.75 Å². The maximum absolute atomic E-state index is 12.9. The molecule has 3 aromatic carbocycles. The summed E-state index contributed by atoms with van der Waals surface area (Å²) < 4.78 is 15.9. The zero-order valence-corrected chi connectivity index (χ0v) is 23.3. The lowest BCUT2D eigenvalue weighted by atomic mass is 10.1. The molecule has 0 aliphatic carbocycles. The normalized spacial score (nSPS) is 12.9. The van der Waals surface area contributed by atoms with Crippen LogP contribution in [-0.2, 0) is 0 Å². The number of carbonyl (C=O) groups is 2. The van der Waals surface area contributed by atoms with E-state index in [0.29, 0.717) is 35.9 Å². The number of rotatable bonds is 7. The zero-order valence-electron chi connectivity index (χ0n) is 22.4. The molecule has 1 aliphatic rings. The number of amides is 2. The highest BCUT2D eigenvalue weighted by Crippen LogP contribution is 2.38. The molecule has 0 bridgehead atoms. The first-order chi connectivity index (χ1) is 18.8. The van der Waals surface area contributed by atoms with Gasteiger partial charge in [0.05, 0.1) is 21.3 Å². The fourth-order valence-corrected chi connectivity index (χ4v) is 4.67. The summed E-state index contributed by atoms with van der Waals surface area (Å²) in [6, 6.07) is 18.6. The topological polar surface area (TPSA) is 92.4 Å². The molecule has 1 aliphatic heterocycles. The Morgan fingerprint density at radius 2 is 1.46 bits per heavy atom. The van der Waals surface area contributed by atoms with Crippen molar-refractivity contribution < 1.29 is 23.8 Å². The molecular weight excluding hydrogens is 516 g/mol. The maximum Gasteiger partial charge on any atom is 0.257 e. The number of aryl methyl sites for hydroxylation is 1. The van der Waals surface area contributed by atoms with E-state index in [1.54, 1.807) is 12.1 Å². The Morgan fingerprint density at radius 1 is 0.846 bits per heavy atom. The van der Waals surface area contributed by atoms with Gasteiger partial charge in [-0.3, -0.25) is 14.9 Å².